The van der Waals surface area contributed by atoms with Gasteiger partial charge in [-0.05, 0) is 37.6 Å². The van der Waals surface area contributed by atoms with E-state index in [9.17, 15) is 13.2 Å². The Morgan fingerprint density at radius 3 is 2.29 bits per heavy atom. The Bertz CT molecular complexity index is 790. The van der Waals surface area contributed by atoms with Crippen molar-refractivity contribution in [3.05, 3.63) is 60.2 Å². The second kappa shape index (κ2) is 7.83. The van der Waals surface area contributed by atoms with Crippen molar-refractivity contribution >= 4 is 21.7 Å². The summed E-state index contributed by atoms with van der Waals surface area (Å²) in [5, 5.41) is 5.43. The van der Waals surface area contributed by atoms with Crippen LogP contribution in [-0.2, 0) is 16.6 Å². The van der Waals surface area contributed by atoms with Gasteiger partial charge in [-0.1, -0.05) is 36.4 Å². The zero-order chi connectivity index (χ0) is 17.6. The minimum atomic E-state index is -3.67. The number of carbonyl (C=O) groups excluding carboxylic acids is 1. The molecule has 7 heteroatoms. The number of carbonyl (C=O) groups is 1. The summed E-state index contributed by atoms with van der Waals surface area (Å²) in [5.41, 5.74) is 1.11. The first-order valence-electron chi connectivity index (χ1n) is 7.58. The molecule has 24 heavy (non-hydrogen) atoms. The summed E-state index contributed by atoms with van der Waals surface area (Å²) in [6.07, 6.45) is 0. The fourth-order valence-corrected chi connectivity index (χ4v) is 3.19. The van der Waals surface area contributed by atoms with Crippen LogP contribution in [0.15, 0.2) is 59.5 Å². The number of amides is 2. The van der Waals surface area contributed by atoms with Crippen LogP contribution in [0.4, 0.5) is 10.5 Å². The van der Waals surface area contributed by atoms with Gasteiger partial charge in [-0.2, -0.15) is 0 Å². The lowest BCUT2D eigenvalue weighted by Gasteiger charge is -2.14. The molecule has 128 valence electrons. The van der Waals surface area contributed by atoms with Crippen molar-refractivity contribution in [2.75, 3.05) is 4.72 Å². The summed E-state index contributed by atoms with van der Waals surface area (Å²) >= 11 is 0. The number of sulfonamides is 1. The first-order chi connectivity index (χ1) is 11.4. The number of hydrogen-bond donors (Lipinski definition) is 3. The zero-order valence-electron chi connectivity index (χ0n) is 13.6. The molecule has 3 N–H and O–H groups in total. The van der Waals surface area contributed by atoms with Gasteiger partial charge in [0.1, 0.15) is 0 Å². The monoisotopic (exact) mass is 347 g/mol. The van der Waals surface area contributed by atoms with E-state index < -0.39 is 10.0 Å². The average molecular weight is 347 g/mol. The smallest absolute Gasteiger partial charge is 0.315 e. The summed E-state index contributed by atoms with van der Waals surface area (Å²) in [6, 6.07) is 14.8. The number of benzene rings is 2. The first kappa shape index (κ1) is 17.8. The molecule has 0 aromatic heterocycles. The van der Waals surface area contributed by atoms with Gasteiger partial charge in [0, 0.05) is 12.6 Å². The molecule has 6 nitrogen and oxygen atoms in total. The fourth-order valence-electron chi connectivity index (χ4n) is 2.07. The highest BCUT2D eigenvalue weighted by atomic mass is 32.2. The molecule has 0 saturated carbocycles. The maximum atomic E-state index is 12.4. The molecule has 0 bridgehead atoms. The van der Waals surface area contributed by atoms with Crippen LogP contribution in [0.25, 0.3) is 0 Å². The lowest BCUT2D eigenvalue weighted by molar-refractivity contribution is 0.238. The van der Waals surface area contributed by atoms with Crippen molar-refractivity contribution in [2.45, 2.75) is 31.3 Å². The van der Waals surface area contributed by atoms with Gasteiger partial charge in [0.05, 0.1) is 10.6 Å². The van der Waals surface area contributed by atoms with Gasteiger partial charge in [-0.25, -0.2) is 13.2 Å². The van der Waals surface area contributed by atoms with Crippen LogP contribution in [0.3, 0.4) is 0 Å². The predicted octanol–water partition coefficient (Wildman–Crippen LogP) is 2.70. The minimum Gasteiger partial charge on any atom is -0.336 e. The Labute approximate surface area is 142 Å². The highest BCUT2D eigenvalue weighted by molar-refractivity contribution is 7.92. The highest BCUT2D eigenvalue weighted by Crippen LogP contribution is 2.19. The fraction of sp³-hybridized carbons (Fsp3) is 0.235. The van der Waals surface area contributed by atoms with Crippen LogP contribution in [0.1, 0.15) is 19.4 Å². The molecule has 0 heterocycles. The van der Waals surface area contributed by atoms with Crippen LogP contribution >= 0.6 is 0 Å². The molecule has 2 aromatic carbocycles. The van der Waals surface area contributed by atoms with Crippen LogP contribution < -0.4 is 15.4 Å². The van der Waals surface area contributed by atoms with E-state index in [0.717, 1.165) is 0 Å². The Hall–Kier alpha value is -2.54. The van der Waals surface area contributed by atoms with Crippen LogP contribution in [0.5, 0.6) is 0 Å². The van der Waals surface area contributed by atoms with Gasteiger partial charge in [-0.3, -0.25) is 4.72 Å². The van der Waals surface area contributed by atoms with Crippen molar-refractivity contribution in [3.63, 3.8) is 0 Å². The second-order valence-corrected chi connectivity index (χ2v) is 7.24. The van der Waals surface area contributed by atoms with Crippen molar-refractivity contribution in [1.29, 1.82) is 0 Å². The lowest BCUT2D eigenvalue weighted by Crippen LogP contribution is -2.39. The molecule has 0 fully saturated rings. The normalized spacial score (nSPS) is 11.1. The van der Waals surface area contributed by atoms with Gasteiger partial charge in [-0.15, -0.1) is 0 Å². The van der Waals surface area contributed by atoms with E-state index in [4.69, 9.17) is 0 Å². The van der Waals surface area contributed by atoms with E-state index >= 15 is 0 Å². The van der Waals surface area contributed by atoms with E-state index in [1.54, 1.807) is 42.5 Å². The number of para-hydroxylation sites is 1. The Balaban J connectivity index is 2.13. The maximum Gasteiger partial charge on any atom is 0.315 e. The maximum absolute atomic E-state index is 12.4. The highest BCUT2D eigenvalue weighted by Gasteiger charge is 2.15. The van der Waals surface area contributed by atoms with Gasteiger partial charge in [0.15, 0.2) is 0 Å². The molecule has 2 amide bonds. The summed E-state index contributed by atoms with van der Waals surface area (Å²) < 4.78 is 27.4. The average Bonchev–Trinajstić information content (AvgIpc) is 2.54. The zero-order valence-corrected chi connectivity index (χ0v) is 14.4. The molecule has 0 aliphatic rings. The number of nitrogens with one attached hydrogen (secondary N) is 3. The third-order valence-corrected chi connectivity index (χ3v) is 4.56. The third-order valence-electron chi connectivity index (χ3n) is 3.17. The number of rotatable bonds is 6. The summed E-state index contributed by atoms with van der Waals surface area (Å²) in [7, 11) is -3.67. The largest absolute Gasteiger partial charge is 0.336 e. The molecule has 2 aromatic rings. The van der Waals surface area contributed by atoms with Crippen LogP contribution in [-0.4, -0.2) is 20.5 Å². The molecule has 0 saturated heterocycles. The SMILES string of the molecule is CC(C)NC(=O)NCc1ccccc1NS(=O)(=O)c1ccccc1. The van der Waals surface area contributed by atoms with Crippen molar-refractivity contribution in [2.24, 2.45) is 0 Å². The molecular weight excluding hydrogens is 326 g/mol. The third kappa shape index (κ3) is 4.99. The molecule has 0 radical (unpaired) electrons. The molecule has 0 spiro atoms. The molecule has 0 atom stereocenters. The van der Waals surface area contributed by atoms with Gasteiger partial charge >= 0.3 is 6.03 Å². The molecule has 0 aliphatic heterocycles. The van der Waals surface area contributed by atoms with Crippen molar-refractivity contribution in [3.8, 4) is 0 Å². The molecule has 2 rings (SSSR count). The number of urea groups is 1. The van der Waals surface area contributed by atoms with Gasteiger partial charge < -0.3 is 10.6 Å². The predicted molar refractivity (Wildman–Crippen MR) is 94.2 cm³/mol. The second-order valence-electron chi connectivity index (χ2n) is 5.56. The van der Waals surface area contributed by atoms with Crippen LogP contribution in [0, 0.1) is 0 Å². The van der Waals surface area contributed by atoms with E-state index in [1.807, 2.05) is 13.8 Å². The molecule has 0 aliphatic carbocycles. The first-order valence-corrected chi connectivity index (χ1v) is 9.07. The number of anilines is 1. The van der Waals surface area contributed by atoms with Gasteiger partial charge in [0.25, 0.3) is 10.0 Å². The topological polar surface area (TPSA) is 87.3 Å². The Morgan fingerprint density at radius 1 is 1.00 bits per heavy atom. The Morgan fingerprint density at radius 2 is 1.62 bits per heavy atom. The molecular formula is C17H21N3O3S. The van der Waals surface area contributed by atoms with Crippen molar-refractivity contribution in [1.82, 2.24) is 10.6 Å². The summed E-state index contributed by atoms with van der Waals surface area (Å²) in [4.78, 5) is 11.9. The van der Waals surface area contributed by atoms with E-state index in [2.05, 4.69) is 15.4 Å². The summed E-state index contributed by atoms with van der Waals surface area (Å²) in [5.74, 6) is 0. The molecule has 0 unspecified atom stereocenters. The Kier molecular flexibility index (Phi) is 5.81. The van der Waals surface area contributed by atoms with Crippen LogP contribution in [0.2, 0.25) is 0 Å². The lowest BCUT2D eigenvalue weighted by atomic mass is 10.2. The van der Waals surface area contributed by atoms with E-state index in [1.165, 1.54) is 12.1 Å². The number of hydrogen-bond acceptors (Lipinski definition) is 3. The van der Waals surface area contributed by atoms with Crippen molar-refractivity contribution < 1.29 is 13.2 Å². The minimum absolute atomic E-state index is 0.0248. The quantitative estimate of drug-likeness (QED) is 0.751. The van der Waals surface area contributed by atoms with E-state index in [0.29, 0.717) is 11.3 Å². The van der Waals surface area contributed by atoms with E-state index in [-0.39, 0.29) is 23.5 Å². The van der Waals surface area contributed by atoms with Gasteiger partial charge in [0.2, 0.25) is 0 Å². The standard InChI is InChI=1S/C17H21N3O3S/c1-13(2)19-17(21)18-12-14-8-6-7-11-16(14)20-24(22,23)15-9-4-3-5-10-15/h3-11,13,20H,12H2,1-2H3,(H2,18,19,21). The summed E-state index contributed by atoms with van der Waals surface area (Å²) in [6.45, 7) is 3.94.